The van der Waals surface area contributed by atoms with Gasteiger partial charge in [-0.1, -0.05) is 23.7 Å². The Balaban J connectivity index is 1.48. The fraction of sp³-hybridized carbons (Fsp3) is 0.500. The molecule has 0 unspecified atom stereocenters. The maximum Gasteiger partial charge on any atom is 0.303 e. The van der Waals surface area contributed by atoms with Crippen LogP contribution in [0, 0.1) is 5.92 Å². The predicted octanol–water partition coefficient (Wildman–Crippen LogP) is 4.47. The fourth-order valence-electron chi connectivity index (χ4n) is 5.39. The molecule has 0 radical (unpaired) electrons. The monoisotopic (exact) mass is 472 g/mol. The highest BCUT2D eigenvalue weighted by molar-refractivity contribution is 6.30. The highest BCUT2D eigenvalue weighted by Crippen LogP contribution is 2.36. The van der Waals surface area contributed by atoms with Crippen molar-refractivity contribution in [2.75, 3.05) is 33.9 Å². The van der Waals surface area contributed by atoms with E-state index in [9.17, 15) is 9.90 Å². The van der Waals surface area contributed by atoms with Gasteiger partial charge in [0.15, 0.2) is 11.5 Å². The van der Waals surface area contributed by atoms with E-state index in [2.05, 4.69) is 28.0 Å². The van der Waals surface area contributed by atoms with Gasteiger partial charge in [0.05, 0.1) is 14.2 Å². The van der Waals surface area contributed by atoms with Crippen LogP contribution in [0.3, 0.4) is 0 Å². The molecular weight excluding hydrogens is 440 g/mol. The van der Waals surface area contributed by atoms with Crippen LogP contribution in [0.5, 0.6) is 11.5 Å². The molecule has 2 aliphatic heterocycles. The van der Waals surface area contributed by atoms with Crippen molar-refractivity contribution in [3.05, 3.63) is 58.1 Å². The third kappa shape index (κ3) is 5.81. The number of likely N-dealkylation sites (tertiary alicyclic amines) is 1. The second kappa shape index (κ2) is 10.8. The third-order valence-electron chi connectivity index (χ3n) is 7.02. The summed E-state index contributed by atoms with van der Waals surface area (Å²) in [6.07, 6.45) is 2.90. The summed E-state index contributed by atoms with van der Waals surface area (Å²) in [7, 11) is 3.34. The summed E-state index contributed by atoms with van der Waals surface area (Å²) in [5.41, 5.74) is 3.78. The van der Waals surface area contributed by atoms with Crippen molar-refractivity contribution in [2.24, 2.45) is 5.92 Å². The molecule has 1 N–H and O–H groups in total. The molecule has 2 aliphatic rings. The summed E-state index contributed by atoms with van der Waals surface area (Å²) >= 11 is 6.18. The lowest BCUT2D eigenvalue weighted by atomic mass is 9.85. The first-order valence-electron chi connectivity index (χ1n) is 11.6. The smallest absolute Gasteiger partial charge is 0.303 e. The maximum absolute atomic E-state index is 11.4. The van der Waals surface area contributed by atoms with Gasteiger partial charge in [0.1, 0.15) is 0 Å². The molecule has 0 aliphatic carbocycles. The van der Waals surface area contributed by atoms with Crippen LogP contribution in [0.1, 0.15) is 36.0 Å². The van der Waals surface area contributed by atoms with Gasteiger partial charge < -0.3 is 14.6 Å². The van der Waals surface area contributed by atoms with Gasteiger partial charge in [0, 0.05) is 43.7 Å². The Morgan fingerprint density at radius 2 is 1.88 bits per heavy atom. The molecule has 178 valence electrons. The van der Waals surface area contributed by atoms with Gasteiger partial charge >= 0.3 is 5.97 Å². The first-order chi connectivity index (χ1) is 16.0. The van der Waals surface area contributed by atoms with Crippen LogP contribution in [0.4, 0.5) is 0 Å². The number of methoxy groups -OCH3 is 2. The number of carboxylic acids is 1. The number of benzene rings is 2. The molecule has 0 saturated carbocycles. The van der Waals surface area contributed by atoms with Crippen molar-refractivity contribution >= 4 is 17.6 Å². The average Bonchev–Trinajstić information content (AvgIpc) is 2.81. The normalized spacial score (nSPS) is 21.4. The minimum atomic E-state index is -0.721. The Kier molecular flexibility index (Phi) is 7.78. The van der Waals surface area contributed by atoms with E-state index in [-0.39, 0.29) is 6.42 Å². The van der Waals surface area contributed by atoms with Crippen LogP contribution in [0.15, 0.2) is 36.4 Å². The van der Waals surface area contributed by atoms with Gasteiger partial charge in [-0.05, 0) is 72.7 Å². The minimum Gasteiger partial charge on any atom is -0.493 e. The number of hydrogen-bond acceptors (Lipinski definition) is 5. The summed E-state index contributed by atoms with van der Waals surface area (Å²) in [4.78, 5) is 16.4. The number of carbonyl (C=O) groups is 1. The standard InChI is InChI=1S/C26H33ClN2O4/c1-32-24-13-19-8-11-29(17-21(19)14-25(24)33-2)23-9-10-28(16-20(23)6-7-26(30)31)15-18-4-3-5-22(27)12-18/h3-5,12-14,20,23H,6-11,15-17H2,1-2H3,(H,30,31)/t20-,23+/m0/s1. The first-order valence-corrected chi connectivity index (χ1v) is 12.0. The molecule has 2 aromatic carbocycles. The van der Waals surface area contributed by atoms with Gasteiger partial charge in [-0.25, -0.2) is 0 Å². The van der Waals surface area contributed by atoms with Crippen molar-refractivity contribution < 1.29 is 19.4 Å². The molecule has 1 saturated heterocycles. The lowest BCUT2D eigenvalue weighted by Gasteiger charge is -2.45. The van der Waals surface area contributed by atoms with Crippen molar-refractivity contribution in [3.63, 3.8) is 0 Å². The quantitative estimate of drug-likeness (QED) is 0.611. The molecule has 2 heterocycles. The third-order valence-corrected chi connectivity index (χ3v) is 7.25. The minimum absolute atomic E-state index is 0.210. The lowest BCUT2D eigenvalue weighted by molar-refractivity contribution is -0.137. The number of carboxylic acid groups (broad SMARTS) is 1. The van der Waals surface area contributed by atoms with E-state index in [1.165, 1.54) is 16.7 Å². The number of piperidine rings is 1. The van der Waals surface area contributed by atoms with E-state index < -0.39 is 5.97 Å². The van der Waals surface area contributed by atoms with Crippen LogP contribution in [0.25, 0.3) is 0 Å². The second-order valence-corrected chi connectivity index (χ2v) is 9.55. The lowest BCUT2D eigenvalue weighted by Crippen LogP contribution is -2.52. The second-order valence-electron chi connectivity index (χ2n) is 9.11. The zero-order chi connectivity index (χ0) is 23.4. The molecule has 6 nitrogen and oxygen atoms in total. The molecule has 2 aromatic rings. The number of ether oxygens (including phenoxy) is 2. The van der Waals surface area contributed by atoms with Crippen LogP contribution in [0.2, 0.25) is 5.02 Å². The van der Waals surface area contributed by atoms with Gasteiger partial charge in [0.2, 0.25) is 0 Å². The summed E-state index contributed by atoms with van der Waals surface area (Å²) < 4.78 is 11.0. The Hall–Kier alpha value is -2.28. The SMILES string of the molecule is COc1cc2c(cc1OC)CN([C@@H]1CCN(Cc3cccc(Cl)c3)C[C@@H]1CCC(=O)O)CC2. The van der Waals surface area contributed by atoms with Crippen molar-refractivity contribution in [1.29, 1.82) is 0 Å². The van der Waals surface area contributed by atoms with Gasteiger partial charge in [-0.3, -0.25) is 14.6 Å². The fourth-order valence-corrected chi connectivity index (χ4v) is 5.61. The topological polar surface area (TPSA) is 62.2 Å². The van der Waals surface area contributed by atoms with Crippen molar-refractivity contribution in [1.82, 2.24) is 9.80 Å². The van der Waals surface area contributed by atoms with E-state index in [1.807, 2.05) is 18.2 Å². The Bertz CT molecular complexity index is 983. The van der Waals surface area contributed by atoms with E-state index in [0.29, 0.717) is 18.4 Å². The molecule has 0 amide bonds. The highest BCUT2D eigenvalue weighted by atomic mass is 35.5. The van der Waals surface area contributed by atoms with Crippen LogP contribution >= 0.6 is 11.6 Å². The van der Waals surface area contributed by atoms with Crippen molar-refractivity contribution in [2.45, 2.75) is 44.8 Å². The predicted molar refractivity (Wildman–Crippen MR) is 129 cm³/mol. The van der Waals surface area contributed by atoms with E-state index in [0.717, 1.165) is 62.1 Å². The van der Waals surface area contributed by atoms with E-state index in [1.54, 1.807) is 14.2 Å². The van der Waals surface area contributed by atoms with E-state index >= 15 is 0 Å². The number of fused-ring (bicyclic) bond motifs is 1. The first kappa shape index (κ1) is 23.9. The summed E-state index contributed by atoms with van der Waals surface area (Å²) in [6.45, 7) is 4.58. The summed E-state index contributed by atoms with van der Waals surface area (Å²) in [5.74, 6) is 1.13. The molecule has 0 aromatic heterocycles. The van der Waals surface area contributed by atoms with Gasteiger partial charge in [-0.15, -0.1) is 0 Å². The molecule has 33 heavy (non-hydrogen) atoms. The maximum atomic E-state index is 11.4. The van der Waals surface area contributed by atoms with Crippen LogP contribution in [-0.4, -0.2) is 60.8 Å². The Morgan fingerprint density at radius 1 is 1.12 bits per heavy atom. The number of halogens is 1. The molecule has 2 atom stereocenters. The zero-order valence-corrected chi connectivity index (χ0v) is 20.2. The largest absolute Gasteiger partial charge is 0.493 e. The molecule has 0 spiro atoms. The number of aliphatic carboxylic acids is 1. The van der Waals surface area contributed by atoms with Gasteiger partial charge in [0.25, 0.3) is 0 Å². The number of nitrogens with zero attached hydrogens (tertiary/aromatic N) is 2. The summed E-state index contributed by atoms with van der Waals surface area (Å²) in [5, 5.41) is 10.1. The zero-order valence-electron chi connectivity index (χ0n) is 19.4. The van der Waals surface area contributed by atoms with Crippen LogP contribution < -0.4 is 9.47 Å². The molecular formula is C26H33ClN2O4. The Morgan fingerprint density at radius 3 is 2.58 bits per heavy atom. The molecule has 4 rings (SSSR count). The molecule has 7 heteroatoms. The molecule has 1 fully saturated rings. The van der Waals surface area contributed by atoms with Crippen LogP contribution in [-0.2, 0) is 24.3 Å². The highest BCUT2D eigenvalue weighted by Gasteiger charge is 2.35. The average molecular weight is 473 g/mol. The molecule has 0 bridgehead atoms. The van der Waals surface area contributed by atoms with E-state index in [4.69, 9.17) is 21.1 Å². The Labute approximate surface area is 201 Å². The summed E-state index contributed by atoms with van der Waals surface area (Å²) in [6, 6.07) is 12.6. The number of hydrogen-bond donors (Lipinski definition) is 1. The van der Waals surface area contributed by atoms with Crippen molar-refractivity contribution in [3.8, 4) is 11.5 Å². The number of rotatable bonds is 8. The van der Waals surface area contributed by atoms with Gasteiger partial charge in [-0.2, -0.15) is 0 Å².